The molecule has 4 heteroatoms. The number of hydrogen-bond donors (Lipinski definition) is 3. The summed E-state index contributed by atoms with van der Waals surface area (Å²) in [7, 11) is 0. The summed E-state index contributed by atoms with van der Waals surface area (Å²) < 4.78 is 0. The molecule has 0 amide bonds. The lowest BCUT2D eigenvalue weighted by atomic mass is 9.96. The predicted octanol–water partition coefficient (Wildman–Crippen LogP) is 3.38. The van der Waals surface area contributed by atoms with Crippen molar-refractivity contribution in [3.63, 3.8) is 0 Å². The van der Waals surface area contributed by atoms with Gasteiger partial charge < -0.3 is 15.3 Å². The molecule has 0 bridgehead atoms. The molecule has 0 radical (unpaired) electrons. The summed E-state index contributed by atoms with van der Waals surface area (Å²) in [6.07, 6.45) is 1.13. The molecule has 0 saturated heterocycles. The molecule has 0 heterocycles. The number of benzene rings is 2. The quantitative estimate of drug-likeness (QED) is 0.736. The van der Waals surface area contributed by atoms with Crippen LogP contribution in [0.2, 0.25) is 0 Å². The van der Waals surface area contributed by atoms with Gasteiger partial charge in [0.1, 0.15) is 22.8 Å². The van der Waals surface area contributed by atoms with Gasteiger partial charge in [-0.25, -0.2) is 0 Å². The van der Waals surface area contributed by atoms with E-state index in [-0.39, 0.29) is 47.0 Å². The maximum Gasteiger partial charge on any atom is 0.170 e. The second-order valence-electron chi connectivity index (χ2n) is 4.95. The maximum absolute atomic E-state index is 12.0. The van der Waals surface area contributed by atoms with Crippen molar-refractivity contribution in [1.29, 1.82) is 0 Å². The highest BCUT2D eigenvalue weighted by atomic mass is 16.3. The first-order valence-electron chi connectivity index (χ1n) is 6.88. The van der Waals surface area contributed by atoms with Crippen LogP contribution >= 0.6 is 0 Å². The molecule has 3 N–H and O–H groups in total. The lowest BCUT2D eigenvalue weighted by Crippen LogP contribution is -2.02. The fraction of sp³-hybridized carbons (Fsp3) is 0.235. The minimum Gasteiger partial charge on any atom is -0.507 e. The molecule has 2 rings (SSSR count). The van der Waals surface area contributed by atoms with Gasteiger partial charge in [0.05, 0.1) is 0 Å². The highest BCUT2D eigenvalue weighted by Crippen LogP contribution is 2.39. The molecule has 2 aromatic carbocycles. The van der Waals surface area contributed by atoms with Crippen molar-refractivity contribution >= 4 is 5.78 Å². The Hall–Kier alpha value is -2.49. The van der Waals surface area contributed by atoms with Crippen molar-refractivity contribution in [2.24, 2.45) is 0 Å². The number of carbonyl (C=O) groups is 1. The summed E-state index contributed by atoms with van der Waals surface area (Å²) in [4.78, 5) is 12.0. The van der Waals surface area contributed by atoms with Crippen LogP contribution in [0.4, 0.5) is 0 Å². The summed E-state index contributed by atoms with van der Waals surface area (Å²) in [5.41, 5.74) is 1.03. The molecule has 21 heavy (non-hydrogen) atoms. The van der Waals surface area contributed by atoms with Crippen LogP contribution in [-0.2, 0) is 6.42 Å². The Balaban J connectivity index is 2.46. The smallest absolute Gasteiger partial charge is 0.170 e. The molecule has 0 aliphatic rings. The van der Waals surface area contributed by atoms with E-state index in [2.05, 4.69) is 0 Å². The van der Waals surface area contributed by atoms with E-state index >= 15 is 0 Å². The van der Waals surface area contributed by atoms with Crippen LogP contribution in [0.1, 0.15) is 41.3 Å². The first kappa shape index (κ1) is 14.9. The molecule has 0 fully saturated rings. The number of phenolic OH excluding ortho intramolecular Hbond substituents is 3. The third kappa shape index (κ3) is 3.16. The van der Waals surface area contributed by atoms with E-state index < -0.39 is 0 Å². The molecule has 0 saturated carbocycles. The number of phenols is 3. The van der Waals surface area contributed by atoms with Crippen LogP contribution in [-0.4, -0.2) is 21.1 Å². The molecule has 2 aromatic rings. The van der Waals surface area contributed by atoms with Gasteiger partial charge in [-0.2, -0.15) is 0 Å². The van der Waals surface area contributed by atoms with Crippen LogP contribution < -0.4 is 0 Å². The second kappa shape index (κ2) is 6.31. The minimum atomic E-state index is -0.389. The standard InChI is InChI=1S/C17H18O4/c1-2-6-13(18)16-15(20)10-14(19)12(17(16)21)9-11-7-4-3-5-8-11/h3-5,7-8,10,19-21H,2,6,9H2,1H3. The highest BCUT2D eigenvalue weighted by molar-refractivity contribution is 6.01. The van der Waals surface area contributed by atoms with Gasteiger partial charge >= 0.3 is 0 Å². The monoisotopic (exact) mass is 286 g/mol. The van der Waals surface area contributed by atoms with E-state index in [0.717, 1.165) is 11.6 Å². The van der Waals surface area contributed by atoms with Gasteiger partial charge in [-0.3, -0.25) is 4.79 Å². The Morgan fingerprint density at radius 2 is 1.71 bits per heavy atom. The minimum absolute atomic E-state index is 0.111. The number of ketones is 1. The normalized spacial score (nSPS) is 10.5. The van der Waals surface area contributed by atoms with Gasteiger partial charge in [0.25, 0.3) is 0 Å². The Morgan fingerprint density at radius 3 is 2.33 bits per heavy atom. The molecule has 0 spiro atoms. The Morgan fingerprint density at radius 1 is 1.05 bits per heavy atom. The van der Waals surface area contributed by atoms with E-state index in [0.29, 0.717) is 6.42 Å². The van der Waals surface area contributed by atoms with Gasteiger partial charge in [0.2, 0.25) is 0 Å². The fourth-order valence-corrected chi connectivity index (χ4v) is 2.28. The average molecular weight is 286 g/mol. The number of hydrogen-bond acceptors (Lipinski definition) is 4. The van der Waals surface area contributed by atoms with Crippen molar-refractivity contribution in [1.82, 2.24) is 0 Å². The molecule has 4 nitrogen and oxygen atoms in total. The number of rotatable bonds is 5. The summed E-state index contributed by atoms with van der Waals surface area (Å²) in [5.74, 6) is -1.28. The van der Waals surface area contributed by atoms with Gasteiger partial charge in [-0.05, 0) is 12.0 Å². The van der Waals surface area contributed by atoms with Crippen molar-refractivity contribution in [2.45, 2.75) is 26.2 Å². The van der Waals surface area contributed by atoms with Gasteiger partial charge in [-0.15, -0.1) is 0 Å². The predicted molar refractivity (Wildman–Crippen MR) is 79.9 cm³/mol. The molecular weight excluding hydrogens is 268 g/mol. The number of Topliss-reactive ketones (excluding diaryl/α,β-unsaturated/α-hetero) is 1. The molecule has 0 unspecified atom stereocenters. The second-order valence-corrected chi connectivity index (χ2v) is 4.95. The summed E-state index contributed by atoms with van der Waals surface area (Å²) in [5, 5.41) is 30.0. The first-order valence-corrected chi connectivity index (χ1v) is 6.88. The van der Waals surface area contributed by atoms with Crippen molar-refractivity contribution in [3.05, 3.63) is 53.1 Å². The van der Waals surface area contributed by atoms with Crippen molar-refractivity contribution in [3.8, 4) is 17.2 Å². The number of carbonyl (C=O) groups excluding carboxylic acids is 1. The van der Waals surface area contributed by atoms with Crippen LogP contribution in [0, 0.1) is 0 Å². The van der Waals surface area contributed by atoms with Crippen molar-refractivity contribution in [2.75, 3.05) is 0 Å². The Bertz CT molecular complexity index is 648. The lowest BCUT2D eigenvalue weighted by Gasteiger charge is -2.13. The molecule has 0 aliphatic carbocycles. The van der Waals surface area contributed by atoms with E-state index in [1.54, 1.807) is 0 Å². The fourth-order valence-electron chi connectivity index (χ4n) is 2.28. The van der Waals surface area contributed by atoms with Gasteiger partial charge in [0.15, 0.2) is 5.78 Å². The SMILES string of the molecule is CCCC(=O)c1c(O)cc(O)c(Cc2ccccc2)c1O. The molecule has 0 aliphatic heterocycles. The average Bonchev–Trinajstić information content (AvgIpc) is 2.44. The molecule has 0 atom stereocenters. The summed E-state index contributed by atoms with van der Waals surface area (Å²) in [6, 6.07) is 10.4. The Kier molecular flexibility index (Phi) is 4.48. The van der Waals surface area contributed by atoms with E-state index in [1.807, 2.05) is 37.3 Å². The zero-order valence-corrected chi connectivity index (χ0v) is 11.8. The van der Waals surface area contributed by atoms with E-state index in [4.69, 9.17) is 0 Å². The summed E-state index contributed by atoms with van der Waals surface area (Å²) in [6.45, 7) is 1.84. The zero-order chi connectivity index (χ0) is 15.4. The number of aromatic hydroxyl groups is 3. The lowest BCUT2D eigenvalue weighted by molar-refractivity contribution is 0.0976. The van der Waals surface area contributed by atoms with Crippen molar-refractivity contribution < 1.29 is 20.1 Å². The van der Waals surface area contributed by atoms with E-state index in [1.165, 1.54) is 0 Å². The molecular formula is C17H18O4. The van der Waals surface area contributed by atoms with Crippen LogP contribution in [0.25, 0.3) is 0 Å². The largest absolute Gasteiger partial charge is 0.507 e. The third-order valence-electron chi connectivity index (χ3n) is 3.34. The van der Waals surface area contributed by atoms with Crippen LogP contribution in [0.3, 0.4) is 0 Å². The topological polar surface area (TPSA) is 77.8 Å². The highest BCUT2D eigenvalue weighted by Gasteiger charge is 2.22. The maximum atomic E-state index is 12.0. The van der Waals surface area contributed by atoms with Gasteiger partial charge in [-0.1, -0.05) is 37.3 Å². The van der Waals surface area contributed by atoms with Gasteiger partial charge in [0, 0.05) is 24.5 Å². The summed E-state index contributed by atoms with van der Waals surface area (Å²) >= 11 is 0. The third-order valence-corrected chi connectivity index (χ3v) is 3.34. The van der Waals surface area contributed by atoms with Crippen LogP contribution in [0.15, 0.2) is 36.4 Å². The molecule has 110 valence electrons. The van der Waals surface area contributed by atoms with Crippen LogP contribution in [0.5, 0.6) is 17.2 Å². The molecule has 0 aromatic heterocycles. The first-order chi connectivity index (χ1) is 10.0. The van der Waals surface area contributed by atoms with E-state index in [9.17, 15) is 20.1 Å². The zero-order valence-electron chi connectivity index (χ0n) is 11.8. The Labute approximate surface area is 123 Å².